The molecule has 5 aliphatic rings. The van der Waals surface area contributed by atoms with Gasteiger partial charge in [-0.25, -0.2) is 0 Å². The Bertz CT molecular complexity index is 943. The van der Waals surface area contributed by atoms with Crippen molar-refractivity contribution in [2.75, 3.05) is 26.2 Å². The maximum absolute atomic E-state index is 13.5. The number of hydrogen-bond donors (Lipinski definition) is 1. The number of aldehydes is 1. The van der Waals surface area contributed by atoms with Crippen LogP contribution >= 0.6 is 0 Å². The van der Waals surface area contributed by atoms with Crippen molar-refractivity contribution in [3.8, 4) is 0 Å². The number of carboxylic acid groups (broad SMARTS) is 1. The van der Waals surface area contributed by atoms with E-state index in [0.29, 0.717) is 31.4 Å². The SMILES string of the molecule is C=C(C)CN1C[C@H](OC[C@@]23C[C@@H]4[C@H](C)CC[C@H]4[C@]4(C=O)C[C@@H]2C=C(C(C)C)[C@@]34C(=O)O)O[C@H](C)C1. The van der Waals surface area contributed by atoms with Gasteiger partial charge in [-0.3, -0.25) is 9.69 Å². The van der Waals surface area contributed by atoms with E-state index in [-0.39, 0.29) is 23.9 Å². The smallest absolute Gasteiger partial charge is 0.315 e. The predicted molar refractivity (Wildman–Crippen MR) is 134 cm³/mol. The first-order chi connectivity index (χ1) is 16.5. The van der Waals surface area contributed by atoms with E-state index in [0.717, 1.165) is 49.8 Å². The van der Waals surface area contributed by atoms with Crippen LogP contribution in [0, 0.1) is 45.8 Å². The molecule has 1 aliphatic heterocycles. The molecule has 6 nitrogen and oxygen atoms in total. The van der Waals surface area contributed by atoms with Crippen molar-refractivity contribution in [3.05, 3.63) is 23.8 Å². The number of allylic oxidation sites excluding steroid dienone is 1. The zero-order valence-electron chi connectivity index (χ0n) is 22.1. The van der Waals surface area contributed by atoms with Gasteiger partial charge in [0.15, 0.2) is 6.29 Å². The summed E-state index contributed by atoms with van der Waals surface area (Å²) in [6, 6.07) is 0. The van der Waals surface area contributed by atoms with Crippen molar-refractivity contribution in [1.82, 2.24) is 4.90 Å². The van der Waals surface area contributed by atoms with Gasteiger partial charge in [0, 0.05) is 25.0 Å². The lowest BCUT2D eigenvalue weighted by atomic mass is 9.43. The van der Waals surface area contributed by atoms with Crippen LogP contribution in [0.4, 0.5) is 0 Å². The van der Waals surface area contributed by atoms with Crippen LogP contribution in [-0.2, 0) is 19.1 Å². The first-order valence-electron chi connectivity index (χ1n) is 13.6. The van der Waals surface area contributed by atoms with Gasteiger partial charge in [0.25, 0.3) is 0 Å². The van der Waals surface area contributed by atoms with Gasteiger partial charge in [-0.15, -0.1) is 0 Å². The zero-order chi connectivity index (χ0) is 25.3. The molecule has 35 heavy (non-hydrogen) atoms. The average molecular weight is 486 g/mol. The number of carbonyl (C=O) groups excluding carboxylic acids is 1. The molecule has 0 aromatic carbocycles. The van der Waals surface area contributed by atoms with Crippen LogP contribution < -0.4 is 0 Å². The predicted octanol–water partition coefficient (Wildman–Crippen LogP) is 4.55. The average Bonchev–Trinajstić information content (AvgIpc) is 3.34. The minimum absolute atomic E-state index is 0.0309. The molecule has 9 atom stereocenters. The summed E-state index contributed by atoms with van der Waals surface area (Å²) in [5, 5.41) is 11.1. The van der Waals surface area contributed by atoms with Gasteiger partial charge in [0.05, 0.1) is 18.1 Å². The van der Waals surface area contributed by atoms with E-state index in [9.17, 15) is 14.7 Å². The zero-order valence-corrected chi connectivity index (χ0v) is 22.1. The number of ether oxygens (including phenoxy) is 2. The van der Waals surface area contributed by atoms with Crippen LogP contribution in [0.15, 0.2) is 23.8 Å². The first kappa shape index (κ1) is 25.2. The molecule has 5 rings (SSSR count). The molecular formula is C29H43NO5. The van der Waals surface area contributed by atoms with E-state index in [2.05, 4.69) is 45.2 Å². The largest absolute Gasteiger partial charge is 0.481 e. The van der Waals surface area contributed by atoms with Crippen LogP contribution in [0.3, 0.4) is 0 Å². The number of hydrogen-bond acceptors (Lipinski definition) is 5. The fourth-order valence-electron chi connectivity index (χ4n) is 9.47. The van der Waals surface area contributed by atoms with Gasteiger partial charge in [-0.2, -0.15) is 0 Å². The second-order valence-corrected chi connectivity index (χ2v) is 12.8. The summed E-state index contributed by atoms with van der Waals surface area (Å²) in [6.45, 7) is 17.2. The Morgan fingerprint density at radius 1 is 1.31 bits per heavy atom. The minimum Gasteiger partial charge on any atom is -0.481 e. The third-order valence-electron chi connectivity index (χ3n) is 10.4. The van der Waals surface area contributed by atoms with Crippen molar-refractivity contribution in [1.29, 1.82) is 0 Å². The van der Waals surface area contributed by atoms with Crippen LogP contribution in [-0.4, -0.2) is 60.9 Å². The maximum atomic E-state index is 13.5. The van der Waals surface area contributed by atoms with Crippen molar-refractivity contribution >= 4 is 12.3 Å². The third-order valence-corrected chi connectivity index (χ3v) is 10.4. The highest BCUT2D eigenvalue weighted by Gasteiger charge is 2.84. The first-order valence-corrected chi connectivity index (χ1v) is 13.6. The highest BCUT2D eigenvalue weighted by Crippen LogP contribution is 2.82. The Morgan fingerprint density at radius 2 is 2.06 bits per heavy atom. The summed E-state index contributed by atoms with van der Waals surface area (Å²) in [5.74, 6) is 0.305. The summed E-state index contributed by atoms with van der Waals surface area (Å²) < 4.78 is 12.8. The van der Waals surface area contributed by atoms with E-state index in [4.69, 9.17) is 9.47 Å². The van der Waals surface area contributed by atoms with Crippen LogP contribution in [0.25, 0.3) is 0 Å². The number of carboxylic acids is 1. The summed E-state index contributed by atoms with van der Waals surface area (Å²) in [4.78, 5) is 28.9. The summed E-state index contributed by atoms with van der Waals surface area (Å²) in [7, 11) is 0. The number of morpholine rings is 1. The molecule has 4 bridgehead atoms. The van der Waals surface area contributed by atoms with E-state index < -0.39 is 28.5 Å². The summed E-state index contributed by atoms with van der Waals surface area (Å²) >= 11 is 0. The van der Waals surface area contributed by atoms with Crippen LogP contribution in [0.1, 0.15) is 60.3 Å². The molecule has 1 heterocycles. The Hall–Kier alpha value is -1.50. The van der Waals surface area contributed by atoms with Crippen molar-refractivity contribution in [2.24, 2.45) is 45.8 Å². The van der Waals surface area contributed by atoms with Gasteiger partial charge in [-0.05, 0) is 62.7 Å². The Labute approximate surface area is 210 Å². The highest BCUT2D eigenvalue weighted by atomic mass is 16.7. The summed E-state index contributed by atoms with van der Waals surface area (Å²) in [6.07, 6.45) is 6.40. The molecule has 4 fully saturated rings. The minimum atomic E-state index is -1.19. The molecule has 6 heteroatoms. The third kappa shape index (κ3) is 3.25. The van der Waals surface area contributed by atoms with Gasteiger partial charge >= 0.3 is 5.97 Å². The van der Waals surface area contributed by atoms with Gasteiger partial charge in [0.1, 0.15) is 11.7 Å². The fourth-order valence-corrected chi connectivity index (χ4v) is 9.47. The number of aliphatic carboxylic acids is 1. The van der Waals surface area contributed by atoms with E-state index in [1.165, 1.54) is 0 Å². The monoisotopic (exact) mass is 485 g/mol. The fraction of sp³-hybridized carbons (Fsp3) is 0.793. The molecule has 0 aromatic rings. The lowest BCUT2D eigenvalue weighted by Crippen LogP contribution is -2.64. The van der Waals surface area contributed by atoms with Crippen LogP contribution in [0.2, 0.25) is 0 Å². The Balaban J connectivity index is 1.53. The molecular weight excluding hydrogens is 442 g/mol. The van der Waals surface area contributed by atoms with E-state index in [1.807, 2.05) is 6.92 Å². The number of nitrogens with zero attached hydrogens (tertiary/aromatic N) is 1. The summed E-state index contributed by atoms with van der Waals surface area (Å²) in [5.41, 5.74) is -0.588. The van der Waals surface area contributed by atoms with Crippen molar-refractivity contribution in [3.63, 3.8) is 0 Å². The molecule has 1 N–H and O–H groups in total. The van der Waals surface area contributed by atoms with Crippen molar-refractivity contribution < 1.29 is 24.2 Å². The lowest BCUT2D eigenvalue weighted by molar-refractivity contribution is -0.235. The Morgan fingerprint density at radius 3 is 2.69 bits per heavy atom. The van der Waals surface area contributed by atoms with E-state index in [1.54, 1.807) is 0 Å². The van der Waals surface area contributed by atoms with E-state index >= 15 is 0 Å². The quantitative estimate of drug-likeness (QED) is 0.402. The molecule has 1 saturated heterocycles. The van der Waals surface area contributed by atoms with Gasteiger partial charge < -0.3 is 19.4 Å². The molecule has 0 radical (unpaired) electrons. The van der Waals surface area contributed by atoms with Crippen molar-refractivity contribution in [2.45, 2.75) is 72.7 Å². The molecule has 0 spiro atoms. The molecule has 4 aliphatic carbocycles. The van der Waals surface area contributed by atoms with Crippen LogP contribution in [0.5, 0.6) is 0 Å². The molecule has 0 unspecified atom stereocenters. The lowest BCUT2D eigenvalue weighted by Gasteiger charge is -2.58. The normalized spacial score (nSPS) is 46.5. The number of fused-ring (bicyclic) bond motifs is 2. The molecule has 3 saturated carbocycles. The maximum Gasteiger partial charge on any atom is 0.315 e. The Kier molecular flexibility index (Phi) is 6.13. The molecule has 0 amide bonds. The second-order valence-electron chi connectivity index (χ2n) is 12.8. The highest BCUT2D eigenvalue weighted by molar-refractivity contribution is 5.90. The van der Waals surface area contributed by atoms with Gasteiger partial charge in [-0.1, -0.05) is 51.0 Å². The van der Waals surface area contributed by atoms with Gasteiger partial charge in [0.2, 0.25) is 0 Å². The number of rotatable bonds is 8. The number of carbonyl (C=O) groups is 2. The second kappa shape index (κ2) is 8.53. The molecule has 194 valence electrons. The standard InChI is InChI=1S/C29H43NO5/c1-17(2)12-30-13-20(6)35-25(14-30)34-16-28-11-22-19(5)7-8-23(22)27(15-31)10-21(28)9-24(18(3)4)29(27,28)26(32)33/h9,15,18-23,25H,1,7-8,10-14,16H2,2-6H3,(H,32,33)/t19-,20-,21+,22-,23-,25-,27-,28+,29+/m1/s1. The topological polar surface area (TPSA) is 76.1 Å². The molecule has 0 aromatic heterocycles.